The molecule has 26 heavy (non-hydrogen) atoms. The van der Waals surface area contributed by atoms with Crippen LogP contribution in [0.1, 0.15) is 44.6 Å². The van der Waals surface area contributed by atoms with Crippen molar-refractivity contribution in [3.8, 4) is 0 Å². The molecule has 0 aromatic heterocycles. The molecule has 1 aromatic rings. The smallest absolute Gasteiger partial charge is 0.314 e. The summed E-state index contributed by atoms with van der Waals surface area (Å²) in [5, 5.41) is 0. The molecule has 4 heteroatoms. The molecule has 3 atom stereocenters. The lowest BCUT2D eigenvalue weighted by Gasteiger charge is -2.35. The van der Waals surface area contributed by atoms with Gasteiger partial charge in [-0.05, 0) is 51.0 Å². The number of nitrogens with zero attached hydrogens (tertiary/aromatic N) is 1. The number of carbonyl (C=O) groups is 2. The molecule has 138 valence electrons. The van der Waals surface area contributed by atoms with E-state index in [9.17, 15) is 9.59 Å². The Morgan fingerprint density at radius 3 is 2.58 bits per heavy atom. The normalized spacial score (nSPS) is 30.1. The molecule has 1 aliphatic carbocycles. The zero-order valence-electron chi connectivity index (χ0n) is 15.4. The second-order valence-corrected chi connectivity index (χ2v) is 7.88. The highest BCUT2D eigenvalue weighted by Crippen LogP contribution is 2.53. The minimum absolute atomic E-state index is 0.0279. The van der Waals surface area contributed by atoms with Crippen molar-refractivity contribution >= 4 is 11.9 Å². The molecule has 0 radical (unpaired) electrons. The average molecular weight is 353 g/mol. The number of hydrogen-bond donors (Lipinski definition) is 0. The SMILES string of the molecule is CCOC(=O)[C@@]1(Cc2ccccc2)C[C@H]2CC[C@@H]1N2C(=O)C1CC=CC1. The van der Waals surface area contributed by atoms with Crippen molar-refractivity contribution in [2.45, 2.75) is 57.5 Å². The van der Waals surface area contributed by atoms with Crippen LogP contribution in [0, 0.1) is 11.3 Å². The maximum atomic E-state index is 13.2. The predicted octanol–water partition coefficient (Wildman–Crippen LogP) is 3.51. The number of benzene rings is 1. The quantitative estimate of drug-likeness (QED) is 0.601. The van der Waals surface area contributed by atoms with Crippen molar-refractivity contribution < 1.29 is 14.3 Å². The lowest BCUT2D eigenvalue weighted by atomic mass is 9.70. The monoisotopic (exact) mass is 353 g/mol. The van der Waals surface area contributed by atoms with Crippen LogP contribution in [0.4, 0.5) is 0 Å². The van der Waals surface area contributed by atoms with Gasteiger partial charge in [0.15, 0.2) is 0 Å². The topological polar surface area (TPSA) is 46.6 Å². The van der Waals surface area contributed by atoms with Crippen LogP contribution in [0.15, 0.2) is 42.5 Å². The van der Waals surface area contributed by atoms with Gasteiger partial charge in [-0.15, -0.1) is 0 Å². The van der Waals surface area contributed by atoms with Crippen molar-refractivity contribution in [3.05, 3.63) is 48.0 Å². The molecule has 3 aliphatic rings. The van der Waals surface area contributed by atoms with Gasteiger partial charge in [-0.1, -0.05) is 42.5 Å². The summed E-state index contributed by atoms with van der Waals surface area (Å²) in [5.41, 5.74) is 0.546. The zero-order valence-corrected chi connectivity index (χ0v) is 15.4. The maximum Gasteiger partial charge on any atom is 0.314 e. The molecule has 0 spiro atoms. The fourth-order valence-electron chi connectivity index (χ4n) is 5.26. The number of fused-ring (bicyclic) bond motifs is 2. The largest absolute Gasteiger partial charge is 0.465 e. The number of amides is 1. The van der Waals surface area contributed by atoms with E-state index >= 15 is 0 Å². The summed E-state index contributed by atoms with van der Waals surface area (Å²) < 4.78 is 5.52. The Morgan fingerprint density at radius 2 is 1.88 bits per heavy atom. The first-order chi connectivity index (χ1) is 12.7. The number of esters is 1. The van der Waals surface area contributed by atoms with Gasteiger partial charge in [0, 0.05) is 18.0 Å². The Kier molecular flexibility index (Phi) is 4.60. The maximum absolute atomic E-state index is 13.2. The van der Waals surface area contributed by atoms with Crippen molar-refractivity contribution in [1.29, 1.82) is 0 Å². The predicted molar refractivity (Wildman–Crippen MR) is 99.3 cm³/mol. The van der Waals surface area contributed by atoms with Crippen LogP contribution in [0.2, 0.25) is 0 Å². The molecule has 4 rings (SSSR count). The molecule has 2 bridgehead atoms. The van der Waals surface area contributed by atoms with Crippen LogP contribution in [0.25, 0.3) is 0 Å². The van der Waals surface area contributed by atoms with Gasteiger partial charge in [0.25, 0.3) is 0 Å². The van der Waals surface area contributed by atoms with Crippen LogP contribution in [-0.4, -0.2) is 35.5 Å². The summed E-state index contributed by atoms with van der Waals surface area (Å²) in [6.07, 6.45) is 9.17. The number of hydrogen-bond acceptors (Lipinski definition) is 3. The summed E-state index contributed by atoms with van der Waals surface area (Å²) in [7, 11) is 0. The third-order valence-corrected chi connectivity index (χ3v) is 6.40. The minimum Gasteiger partial charge on any atom is -0.465 e. The molecule has 2 aliphatic heterocycles. The summed E-state index contributed by atoms with van der Waals surface area (Å²) in [5.74, 6) is 0.174. The first kappa shape index (κ1) is 17.3. The summed E-state index contributed by atoms with van der Waals surface area (Å²) in [6.45, 7) is 2.24. The van der Waals surface area contributed by atoms with E-state index in [0.29, 0.717) is 13.0 Å². The first-order valence-electron chi connectivity index (χ1n) is 9.84. The number of carbonyl (C=O) groups excluding carboxylic acids is 2. The third kappa shape index (κ3) is 2.76. The van der Waals surface area contributed by atoms with E-state index in [1.54, 1.807) is 0 Å². The van der Waals surface area contributed by atoms with Crippen LogP contribution in [0.3, 0.4) is 0 Å². The van der Waals surface area contributed by atoms with E-state index in [-0.39, 0.29) is 29.9 Å². The fraction of sp³-hybridized carbons (Fsp3) is 0.545. The lowest BCUT2D eigenvalue weighted by Crippen LogP contribution is -2.48. The molecule has 0 N–H and O–H groups in total. The molecule has 1 aromatic carbocycles. The van der Waals surface area contributed by atoms with Gasteiger partial charge in [-0.25, -0.2) is 0 Å². The van der Waals surface area contributed by atoms with E-state index in [4.69, 9.17) is 4.74 Å². The Morgan fingerprint density at radius 1 is 1.15 bits per heavy atom. The molecule has 2 saturated heterocycles. The van der Waals surface area contributed by atoms with E-state index in [2.05, 4.69) is 29.2 Å². The van der Waals surface area contributed by atoms with E-state index < -0.39 is 5.41 Å². The zero-order chi connectivity index (χ0) is 18.1. The van der Waals surface area contributed by atoms with Crippen LogP contribution in [0.5, 0.6) is 0 Å². The van der Waals surface area contributed by atoms with Crippen molar-refractivity contribution in [2.75, 3.05) is 6.61 Å². The van der Waals surface area contributed by atoms with Gasteiger partial charge in [-0.3, -0.25) is 9.59 Å². The van der Waals surface area contributed by atoms with Gasteiger partial charge in [-0.2, -0.15) is 0 Å². The Bertz CT molecular complexity index is 705. The highest BCUT2D eigenvalue weighted by atomic mass is 16.5. The van der Waals surface area contributed by atoms with Crippen molar-refractivity contribution in [1.82, 2.24) is 4.90 Å². The van der Waals surface area contributed by atoms with Crippen molar-refractivity contribution in [3.63, 3.8) is 0 Å². The number of ether oxygens (including phenoxy) is 1. The second-order valence-electron chi connectivity index (χ2n) is 7.88. The van der Waals surface area contributed by atoms with E-state index in [0.717, 1.165) is 37.7 Å². The number of allylic oxidation sites excluding steroid dienone is 2. The van der Waals surface area contributed by atoms with Gasteiger partial charge in [0.2, 0.25) is 5.91 Å². The minimum atomic E-state index is -0.595. The van der Waals surface area contributed by atoms with Crippen LogP contribution < -0.4 is 0 Å². The number of rotatable bonds is 5. The van der Waals surface area contributed by atoms with Gasteiger partial charge < -0.3 is 9.64 Å². The highest BCUT2D eigenvalue weighted by Gasteiger charge is 2.62. The van der Waals surface area contributed by atoms with Crippen LogP contribution >= 0.6 is 0 Å². The molecule has 0 unspecified atom stereocenters. The van der Waals surface area contributed by atoms with Gasteiger partial charge in [0.1, 0.15) is 0 Å². The molecular formula is C22H27NO3. The van der Waals surface area contributed by atoms with E-state index in [1.807, 2.05) is 25.1 Å². The summed E-state index contributed by atoms with van der Waals surface area (Å²) in [4.78, 5) is 28.3. The van der Waals surface area contributed by atoms with Gasteiger partial charge >= 0.3 is 5.97 Å². The van der Waals surface area contributed by atoms with E-state index in [1.165, 1.54) is 0 Å². The first-order valence-corrected chi connectivity index (χ1v) is 9.84. The molecule has 1 amide bonds. The van der Waals surface area contributed by atoms with Crippen molar-refractivity contribution in [2.24, 2.45) is 11.3 Å². The van der Waals surface area contributed by atoms with Crippen LogP contribution in [-0.2, 0) is 20.7 Å². The molecule has 2 heterocycles. The third-order valence-electron chi connectivity index (χ3n) is 6.40. The Hall–Kier alpha value is -2.10. The summed E-state index contributed by atoms with van der Waals surface area (Å²) >= 11 is 0. The Labute approximate surface area is 155 Å². The van der Waals surface area contributed by atoms with Gasteiger partial charge in [0.05, 0.1) is 12.0 Å². The molecule has 0 saturated carbocycles. The second kappa shape index (κ2) is 6.90. The lowest BCUT2D eigenvalue weighted by molar-refractivity contribution is -0.158. The highest BCUT2D eigenvalue weighted by molar-refractivity contribution is 5.85. The molecule has 2 fully saturated rings. The molecular weight excluding hydrogens is 326 g/mol. The summed E-state index contributed by atoms with van der Waals surface area (Å²) in [6, 6.07) is 10.3. The fourth-order valence-corrected chi connectivity index (χ4v) is 5.26. The molecule has 4 nitrogen and oxygen atoms in total. The Balaban J connectivity index is 1.64. The standard InChI is InChI=1S/C22H27NO3/c1-2-26-21(25)22(14-16-8-4-3-5-9-16)15-18-12-13-19(22)23(18)20(24)17-10-6-7-11-17/h3-9,17-19H,2,10-15H2,1H3/t18-,19+,22+/m1/s1. The average Bonchev–Trinajstić information content (AvgIpc) is 3.38.